The van der Waals surface area contributed by atoms with E-state index in [0.29, 0.717) is 6.04 Å². The molecule has 0 amide bonds. The first kappa shape index (κ1) is 15.7. The Balaban J connectivity index is 2.30. The molecule has 2 nitrogen and oxygen atoms in total. The van der Waals surface area contributed by atoms with E-state index in [1.807, 2.05) is 0 Å². The lowest BCUT2D eigenvalue weighted by molar-refractivity contribution is 0.316. The number of hydrogen-bond acceptors (Lipinski definition) is 2. The van der Waals surface area contributed by atoms with Gasteiger partial charge in [0.2, 0.25) is 0 Å². The Morgan fingerprint density at radius 1 is 1.24 bits per heavy atom. The molecule has 1 aliphatic rings. The quantitative estimate of drug-likeness (QED) is 0.389. The highest BCUT2D eigenvalue weighted by atomic mass is 127. The summed E-state index contributed by atoms with van der Waals surface area (Å²) in [6.07, 6.45) is 4.14. The van der Waals surface area contributed by atoms with Gasteiger partial charge in [-0.3, -0.25) is 4.90 Å². The molecule has 0 radical (unpaired) electrons. The summed E-state index contributed by atoms with van der Waals surface area (Å²) in [5, 5.41) is 3.35. The zero-order valence-corrected chi connectivity index (χ0v) is 14.0. The first-order valence-electron chi connectivity index (χ1n) is 7.13. The molecule has 4 atom stereocenters. The van der Waals surface area contributed by atoms with Crippen LogP contribution < -0.4 is 5.32 Å². The molecule has 1 N–H and O–H groups in total. The van der Waals surface area contributed by atoms with Gasteiger partial charge in [0.05, 0.1) is 4.55 Å². The Bertz CT molecular complexity index is 206. The van der Waals surface area contributed by atoms with E-state index in [1.165, 1.54) is 36.9 Å². The van der Waals surface area contributed by atoms with Crippen molar-refractivity contribution in [1.29, 1.82) is 0 Å². The third-order valence-corrected chi connectivity index (χ3v) is 5.46. The van der Waals surface area contributed by atoms with E-state index in [4.69, 9.17) is 0 Å². The van der Waals surface area contributed by atoms with E-state index < -0.39 is 0 Å². The number of nitrogens with zero attached hydrogens (tertiary/aromatic N) is 1. The van der Waals surface area contributed by atoms with Crippen LogP contribution in [0.1, 0.15) is 40.0 Å². The van der Waals surface area contributed by atoms with Crippen LogP contribution in [0.3, 0.4) is 0 Å². The molecule has 0 unspecified atom stereocenters. The van der Waals surface area contributed by atoms with Crippen LogP contribution >= 0.6 is 22.6 Å². The SMILES string of the molecule is CC[C@H]1[C@@H](CC[C@@H](C)NC)[C@H]1CN(CC)CI. The van der Waals surface area contributed by atoms with Crippen LogP contribution in [0.4, 0.5) is 0 Å². The first-order chi connectivity index (χ1) is 8.17. The Labute approximate surface area is 121 Å². The first-order valence-corrected chi connectivity index (χ1v) is 8.65. The molecule has 1 aliphatic carbocycles. The largest absolute Gasteiger partial charge is 0.317 e. The summed E-state index contributed by atoms with van der Waals surface area (Å²) in [5.41, 5.74) is 0. The van der Waals surface area contributed by atoms with Crippen molar-refractivity contribution >= 4 is 22.6 Å². The molecule has 0 saturated heterocycles. The fraction of sp³-hybridized carbons (Fsp3) is 1.00. The molecule has 1 rings (SSSR count). The fourth-order valence-electron chi connectivity index (χ4n) is 2.98. The maximum Gasteiger partial charge on any atom is 0.0505 e. The van der Waals surface area contributed by atoms with Crippen molar-refractivity contribution in [2.24, 2.45) is 17.8 Å². The van der Waals surface area contributed by atoms with Gasteiger partial charge < -0.3 is 5.32 Å². The molecule has 0 aliphatic heterocycles. The summed E-state index contributed by atoms with van der Waals surface area (Å²) in [7, 11) is 2.07. The molecule has 0 aromatic carbocycles. The van der Waals surface area contributed by atoms with Crippen molar-refractivity contribution in [3.63, 3.8) is 0 Å². The van der Waals surface area contributed by atoms with E-state index in [0.717, 1.165) is 17.8 Å². The molecule has 0 bridgehead atoms. The lowest BCUT2D eigenvalue weighted by Crippen LogP contribution is -2.25. The number of hydrogen-bond donors (Lipinski definition) is 1. The molecule has 0 spiro atoms. The summed E-state index contributed by atoms with van der Waals surface area (Å²) >= 11 is 2.49. The summed E-state index contributed by atoms with van der Waals surface area (Å²) in [6.45, 7) is 9.47. The Hall–Kier alpha value is 0.650. The monoisotopic (exact) mass is 352 g/mol. The number of alkyl halides is 1. The Kier molecular flexibility index (Phi) is 7.34. The lowest BCUT2D eigenvalue weighted by atomic mass is 10.1. The smallest absolute Gasteiger partial charge is 0.0505 e. The summed E-state index contributed by atoms with van der Waals surface area (Å²) in [5.74, 6) is 3.00. The van der Waals surface area contributed by atoms with Crippen LogP contribution in [0.5, 0.6) is 0 Å². The highest BCUT2D eigenvalue weighted by Gasteiger charge is 2.47. The van der Waals surface area contributed by atoms with Crippen molar-refractivity contribution < 1.29 is 0 Å². The van der Waals surface area contributed by atoms with Gasteiger partial charge in [0.1, 0.15) is 0 Å². The second-order valence-electron chi connectivity index (χ2n) is 5.46. The van der Waals surface area contributed by atoms with Crippen LogP contribution in [-0.4, -0.2) is 35.6 Å². The second-order valence-corrected chi connectivity index (χ2v) is 6.14. The summed E-state index contributed by atoms with van der Waals surface area (Å²) in [6, 6.07) is 0.681. The minimum atomic E-state index is 0.681. The molecule has 3 heteroatoms. The predicted molar refractivity (Wildman–Crippen MR) is 84.7 cm³/mol. The molecule has 1 fully saturated rings. The highest BCUT2D eigenvalue weighted by molar-refractivity contribution is 14.1. The fourth-order valence-corrected chi connectivity index (χ4v) is 3.74. The van der Waals surface area contributed by atoms with Crippen molar-refractivity contribution in [2.45, 2.75) is 46.1 Å². The van der Waals surface area contributed by atoms with E-state index in [-0.39, 0.29) is 0 Å². The molecule has 0 aromatic heterocycles. The minimum Gasteiger partial charge on any atom is -0.317 e. The van der Waals surface area contributed by atoms with Crippen molar-refractivity contribution in [3.05, 3.63) is 0 Å². The third-order valence-electron chi connectivity index (χ3n) is 4.49. The van der Waals surface area contributed by atoms with Crippen molar-refractivity contribution in [1.82, 2.24) is 10.2 Å². The molecular formula is C14H29IN2. The van der Waals surface area contributed by atoms with Crippen molar-refractivity contribution in [2.75, 3.05) is 24.7 Å². The zero-order chi connectivity index (χ0) is 12.8. The average molecular weight is 352 g/mol. The minimum absolute atomic E-state index is 0.681. The van der Waals surface area contributed by atoms with Gasteiger partial charge in [-0.25, -0.2) is 0 Å². The Morgan fingerprint density at radius 3 is 2.41 bits per heavy atom. The van der Waals surface area contributed by atoms with E-state index in [1.54, 1.807) is 0 Å². The van der Waals surface area contributed by atoms with Gasteiger partial charge in [-0.05, 0) is 51.1 Å². The molecule has 0 heterocycles. The van der Waals surface area contributed by atoms with Gasteiger partial charge >= 0.3 is 0 Å². The van der Waals surface area contributed by atoms with Crippen LogP contribution in [0.15, 0.2) is 0 Å². The average Bonchev–Trinajstić information content (AvgIpc) is 3.04. The zero-order valence-electron chi connectivity index (χ0n) is 11.9. The maximum atomic E-state index is 3.35. The number of rotatable bonds is 9. The predicted octanol–water partition coefficient (Wildman–Crippen LogP) is 3.36. The number of nitrogens with one attached hydrogen (secondary N) is 1. The van der Waals surface area contributed by atoms with Crippen LogP contribution in [0, 0.1) is 17.8 Å². The lowest BCUT2D eigenvalue weighted by Gasteiger charge is -2.17. The van der Waals surface area contributed by atoms with Crippen molar-refractivity contribution in [3.8, 4) is 0 Å². The third kappa shape index (κ3) is 4.67. The van der Waals surface area contributed by atoms with Gasteiger partial charge in [0, 0.05) is 12.6 Å². The normalized spacial score (nSPS) is 29.6. The topological polar surface area (TPSA) is 15.3 Å². The maximum absolute atomic E-state index is 3.35. The van der Waals surface area contributed by atoms with E-state index in [9.17, 15) is 0 Å². The van der Waals surface area contributed by atoms with E-state index >= 15 is 0 Å². The molecule has 102 valence electrons. The van der Waals surface area contributed by atoms with Crippen LogP contribution in [-0.2, 0) is 0 Å². The van der Waals surface area contributed by atoms with Gasteiger partial charge in [0.25, 0.3) is 0 Å². The molecule has 17 heavy (non-hydrogen) atoms. The van der Waals surface area contributed by atoms with E-state index in [2.05, 4.69) is 60.6 Å². The highest BCUT2D eigenvalue weighted by Crippen LogP contribution is 2.51. The molecule has 0 aromatic rings. The standard InChI is InChI=1S/C14H29IN2/c1-5-12-13(8-7-11(3)16-4)14(12)9-17(6-2)10-15/h11-14,16H,5-10H2,1-4H3/t11-,12+,13-,14+/m1/s1. The second kappa shape index (κ2) is 7.95. The molecule has 1 saturated carbocycles. The van der Waals surface area contributed by atoms with Crippen LogP contribution in [0.2, 0.25) is 0 Å². The van der Waals surface area contributed by atoms with Gasteiger partial charge in [-0.1, -0.05) is 42.9 Å². The van der Waals surface area contributed by atoms with Gasteiger partial charge in [-0.2, -0.15) is 0 Å². The Morgan fingerprint density at radius 2 is 1.94 bits per heavy atom. The summed E-state index contributed by atoms with van der Waals surface area (Å²) in [4.78, 5) is 2.58. The van der Waals surface area contributed by atoms with Crippen LogP contribution in [0.25, 0.3) is 0 Å². The number of halogens is 1. The summed E-state index contributed by atoms with van der Waals surface area (Å²) < 4.78 is 1.18. The van der Waals surface area contributed by atoms with Gasteiger partial charge in [-0.15, -0.1) is 0 Å². The van der Waals surface area contributed by atoms with Gasteiger partial charge in [0.15, 0.2) is 0 Å². The molecular weight excluding hydrogens is 323 g/mol.